The van der Waals surface area contributed by atoms with E-state index in [4.69, 9.17) is 10.2 Å². The lowest BCUT2D eigenvalue weighted by molar-refractivity contribution is -0.145. The third-order valence-electron chi connectivity index (χ3n) is 1.70. The van der Waals surface area contributed by atoms with Crippen LogP contribution in [0.25, 0.3) is 0 Å². The molecule has 0 aromatic carbocycles. The zero-order chi connectivity index (χ0) is 11.1. The van der Waals surface area contributed by atoms with E-state index in [1.807, 2.05) is 0 Å². The molecule has 0 spiro atoms. The van der Waals surface area contributed by atoms with Gasteiger partial charge in [-0.15, -0.1) is 0 Å². The second-order valence-electron chi connectivity index (χ2n) is 3.12. The van der Waals surface area contributed by atoms with Gasteiger partial charge in [-0.3, -0.25) is 0 Å². The summed E-state index contributed by atoms with van der Waals surface area (Å²) >= 11 is 0. The summed E-state index contributed by atoms with van der Waals surface area (Å²) < 4.78 is 0. The molecule has 1 atom stereocenters. The van der Waals surface area contributed by atoms with Crippen molar-refractivity contribution in [2.45, 2.75) is 20.0 Å². The Hall–Kier alpha value is -1.23. The first-order valence-corrected chi connectivity index (χ1v) is 4.50. The number of carboxylic acid groups (broad SMARTS) is 1. The van der Waals surface area contributed by atoms with Crippen LogP contribution >= 0.6 is 0 Å². The molecule has 0 fully saturated rings. The Morgan fingerprint density at radius 1 is 1.57 bits per heavy atom. The summed E-state index contributed by atoms with van der Waals surface area (Å²) in [6.45, 7) is 5.52. The zero-order valence-corrected chi connectivity index (χ0v) is 8.84. The van der Waals surface area contributed by atoms with Crippen molar-refractivity contribution in [3.8, 4) is 0 Å². The van der Waals surface area contributed by atoms with Crippen LogP contribution in [-0.4, -0.2) is 52.3 Å². The van der Waals surface area contributed by atoms with Crippen molar-refractivity contribution in [1.82, 2.24) is 9.80 Å². The number of aliphatic hydroxyl groups is 1. The monoisotopic (exact) mass is 202 g/mol. The molecule has 0 aromatic rings. The van der Waals surface area contributed by atoms with Crippen LogP contribution in [0.3, 0.4) is 0 Å². The summed E-state index contributed by atoms with van der Waals surface area (Å²) in [5.41, 5.74) is 0. The van der Waals surface area contributed by atoms with E-state index in [-0.39, 0.29) is 0 Å². The molecule has 5 heteroatoms. The highest BCUT2D eigenvalue weighted by molar-refractivity contribution is 5.71. The first kappa shape index (κ1) is 12.8. The molecule has 1 rings (SSSR count). The van der Waals surface area contributed by atoms with Crippen LogP contribution in [0.4, 0.5) is 0 Å². The van der Waals surface area contributed by atoms with E-state index in [0.29, 0.717) is 0 Å². The quantitative estimate of drug-likeness (QED) is 0.666. The molecule has 0 saturated heterocycles. The van der Waals surface area contributed by atoms with E-state index in [9.17, 15) is 4.79 Å². The molecule has 82 valence electrons. The Morgan fingerprint density at radius 3 is 2.21 bits per heavy atom. The number of aliphatic carboxylic acids is 1. The topological polar surface area (TPSA) is 64.0 Å². The Labute approximate surface area is 84.2 Å². The number of rotatable bonds is 2. The maximum Gasteiger partial charge on any atom is 0.332 e. The Kier molecular flexibility index (Phi) is 5.71. The molecular formula is C9H18N2O3. The SMILES string of the molecule is CCN1C=CN(C)C1.C[C@H](O)C(=O)O. The molecule has 1 aliphatic heterocycles. The van der Waals surface area contributed by atoms with Gasteiger partial charge in [0.15, 0.2) is 0 Å². The number of carboxylic acids is 1. The van der Waals surface area contributed by atoms with Gasteiger partial charge in [0.2, 0.25) is 0 Å². The maximum atomic E-state index is 9.45. The predicted octanol–water partition coefficient (Wildman–Crippen LogP) is 0.134. The fourth-order valence-electron chi connectivity index (χ4n) is 0.794. The van der Waals surface area contributed by atoms with Crippen LogP contribution in [0.1, 0.15) is 13.8 Å². The minimum Gasteiger partial charge on any atom is -0.479 e. The van der Waals surface area contributed by atoms with Crippen molar-refractivity contribution < 1.29 is 15.0 Å². The van der Waals surface area contributed by atoms with Gasteiger partial charge in [0.1, 0.15) is 6.10 Å². The summed E-state index contributed by atoms with van der Waals surface area (Å²) in [6, 6.07) is 0. The summed E-state index contributed by atoms with van der Waals surface area (Å²) in [4.78, 5) is 13.9. The summed E-state index contributed by atoms with van der Waals surface area (Å²) in [6.07, 6.45) is 2.97. The molecule has 14 heavy (non-hydrogen) atoms. The fourth-order valence-corrected chi connectivity index (χ4v) is 0.794. The lowest BCUT2D eigenvalue weighted by Crippen LogP contribution is -2.21. The molecule has 0 aliphatic carbocycles. The van der Waals surface area contributed by atoms with Gasteiger partial charge in [-0.05, 0) is 13.8 Å². The van der Waals surface area contributed by atoms with Gasteiger partial charge in [0, 0.05) is 26.0 Å². The smallest absolute Gasteiger partial charge is 0.332 e. The maximum absolute atomic E-state index is 9.45. The van der Waals surface area contributed by atoms with Crippen molar-refractivity contribution in [3.05, 3.63) is 12.4 Å². The molecule has 0 bridgehead atoms. The molecule has 0 amide bonds. The average molecular weight is 202 g/mol. The van der Waals surface area contributed by atoms with Gasteiger partial charge in [-0.2, -0.15) is 0 Å². The fraction of sp³-hybridized carbons (Fsp3) is 0.667. The molecule has 1 aliphatic rings. The number of carbonyl (C=O) groups is 1. The standard InChI is InChI=1S/C6H12N2.C3H6O3/c1-3-8-5-4-7(2)6-8;1-2(4)3(5)6/h4-5H,3,6H2,1-2H3;2,4H,1H3,(H,5,6)/t;2-/m.0/s1. The van der Waals surface area contributed by atoms with Crippen LogP contribution in [-0.2, 0) is 4.79 Å². The van der Waals surface area contributed by atoms with Crippen LogP contribution in [0.15, 0.2) is 12.4 Å². The molecule has 2 N–H and O–H groups in total. The largest absolute Gasteiger partial charge is 0.479 e. The van der Waals surface area contributed by atoms with Gasteiger partial charge in [0.05, 0.1) is 6.67 Å². The first-order chi connectivity index (χ1) is 6.47. The molecule has 0 saturated carbocycles. The number of nitrogens with zero attached hydrogens (tertiary/aromatic N) is 2. The number of hydrogen-bond acceptors (Lipinski definition) is 4. The van der Waals surface area contributed by atoms with E-state index >= 15 is 0 Å². The van der Waals surface area contributed by atoms with Crippen LogP contribution in [0.2, 0.25) is 0 Å². The van der Waals surface area contributed by atoms with Crippen molar-refractivity contribution in [2.24, 2.45) is 0 Å². The predicted molar refractivity (Wildman–Crippen MR) is 53.5 cm³/mol. The Morgan fingerprint density at radius 2 is 2.07 bits per heavy atom. The summed E-state index contributed by atoms with van der Waals surface area (Å²) in [5, 5.41) is 15.8. The molecular weight excluding hydrogens is 184 g/mol. The van der Waals surface area contributed by atoms with Gasteiger partial charge >= 0.3 is 5.97 Å². The van der Waals surface area contributed by atoms with Crippen molar-refractivity contribution in [2.75, 3.05) is 20.3 Å². The summed E-state index contributed by atoms with van der Waals surface area (Å²) in [7, 11) is 2.08. The summed E-state index contributed by atoms with van der Waals surface area (Å²) in [5.74, 6) is -1.19. The lowest BCUT2D eigenvalue weighted by Gasteiger charge is -2.14. The number of aliphatic hydroxyl groups excluding tert-OH is 1. The molecule has 1 heterocycles. The van der Waals surface area contributed by atoms with E-state index in [1.54, 1.807) is 0 Å². The highest BCUT2D eigenvalue weighted by atomic mass is 16.4. The van der Waals surface area contributed by atoms with E-state index in [1.165, 1.54) is 6.92 Å². The Bertz CT molecular complexity index is 204. The van der Waals surface area contributed by atoms with Gasteiger partial charge < -0.3 is 20.0 Å². The molecule has 5 nitrogen and oxygen atoms in total. The molecule has 0 radical (unpaired) electrons. The second kappa shape index (κ2) is 6.26. The van der Waals surface area contributed by atoms with Gasteiger partial charge in [-0.1, -0.05) is 0 Å². The van der Waals surface area contributed by atoms with E-state index < -0.39 is 12.1 Å². The van der Waals surface area contributed by atoms with Gasteiger partial charge in [-0.25, -0.2) is 4.79 Å². The van der Waals surface area contributed by atoms with E-state index in [0.717, 1.165) is 13.2 Å². The van der Waals surface area contributed by atoms with Crippen molar-refractivity contribution >= 4 is 5.97 Å². The average Bonchev–Trinajstić information content (AvgIpc) is 2.52. The van der Waals surface area contributed by atoms with E-state index in [2.05, 4.69) is 36.2 Å². The van der Waals surface area contributed by atoms with Gasteiger partial charge in [0.25, 0.3) is 0 Å². The number of hydrogen-bond donors (Lipinski definition) is 2. The normalized spacial score (nSPS) is 16.3. The van der Waals surface area contributed by atoms with Crippen molar-refractivity contribution in [1.29, 1.82) is 0 Å². The molecule has 0 unspecified atom stereocenters. The zero-order valence-electron chi connectivity index (χ0n) is 8.84. The minimum absolute atomic E-state index is 1.05. The van der Waals surface area contributed by atoms with Crippen LogP contribution in [0, 0.1) is 0 Å². The molecule has 0 aromatic heterocycles. The van der Waals surface area contributed by atoms with Crippen LogP contribution in [0.5, 0.6) is 0 Å². The van der Waals surface area contributed by atoms with Crippen LogP contribution < -0.4 is 0 Å². The highest BCUT2D eigenvalue weighted by Crippen LogP contribution is 2.00. The second-order valence-corrected chi connectivity index (χ2v) is 3.12. The third kappa shape index (κ3) is 5.42. The minimum atomic E-state index is -1.23. The highest BCUT2D eigenvalue weighted by Gasteiger charge is 2.03. The first-order valence-electron chi connectivity index (χ1n) is 4.50. The Balaban J connectivity index is 0.000000255. The van der Waals surface area contributed by atoms with Crippen molar-refractivity contribution in [3.63, 3.8) is 0 Å². The lowest BCUT2D eigenvalue weighted by atomic mass is 10.4. The third-order valence-corrected chi connectivity index (χ3v) is 1.70.